The second kappa shape index (κ2) is 3.72. The number of hydrogen-bond acceptors (Lipinski definition) is 3. The third kappa shape index (κ3) is 1.57. The summed E-state index contributed by atoms with van der Waals surface area (Å²) in [6.07, 6.45) is 2.09. The molecule has 1 saturated carbocycles. The van der Waals surface area contributed by atoms with Crippen LogP contribution in [0.5, 0.6) is 5.75 Å². The van der Waals surface area contributed by atoms with E-state index in [1.807, 2.05) is 12.1 Å². The summed E-state index contributed by atoms with van der Waals surface area (Å²) in [5.41, 5.74) is 1.47. The third-order valence-electron chi connectivity index (χ3n) is 4.25. The zero-order valence-corrected chi connectivity index (χ0v) is 10.1. The summed E-state index contributed by atoms with van der Waals surface area (Å²) in [6, 6.07) is 8.24. The van der Waals surface area contributed by atoms with Crippen molar-refractivity contribution in [3.05, 3.63) is 29.8 Å². The van der Waals surface area contributed by atoms with Gasteiger partial charge in [-0.2, -0.15) is 0 Å². The Balaban J connectivity index is 1.84. The molecule has 3 fully saturated rings. The molecule has 1 aliphatic carbocycles. The average molecular weight is 234 g/mol. The molecule has 2 heterocycles. The first kappa shape index (κ1) is 11.1. The van der Waals surface area contributed by atoms with Gasteiger partial charge in [0.2, 0.25) is 0 Å². The maximum absolute atomic E-state index is 9.43. The van der Waals surface area contributed by atoms with Gasteiger partial charge in [0, 0.05) is 10.8 Å². The molecule has 0 aromatic heterocycles. The van der Waals surface area contributed by atoms with E-state index in [-0.39, 0.29) is 17.4 Å². The van der Waals surface area contributed by atoms with E-state index in [1.54, 1.807) is 7.11 Å². The summed E-state index contributed by atoms with van der Waals surface area (Å²) in [6.45, 7) is 1.73. The van der Waals surface area contributed by atoms with Gasteiger partial charge in [-0.05, 0) is 30.5 Å². The van der Waals surface area contributed by atoms with E-state index in [0.29, 0.717) is 6.61 Å². The highest BCUT2D eigenvalue weighted by Gasteiger charge is 2.58. The first-order chi connectivity index (χ1) is 8.22. The Morgan fingerprint density at radius 2 is 1.94 bits per heavy atom. The van der Waals surface area contributed by atoms with Gasteiger partial charge in [0.05, 0.1) is 26.9 Å². The second-order valence-electron chi connectivity index (χ2n) is 5.51. The van der Waals surface area contributed by atoms with E-state index in [2.05, 4.69) is 12.1 Å². The van der Waals surface area contributed by atoms with Crippen LogP contribution >= 0.6 is 0 Å². The van der Waals surface area contributed by atoms with Gasteiger partial charge in [-0.15, -0.1) is 0 Å². The van der Waals surface area contributed by atoms with E-state index >= 15 is 0 Å². The first-order valence-electron chi connectivity index (χ1n) is 6.05. The SMILES string of the molecule is COc1ccc(C23COCC(CO)(C2)C3)cc1. The largest absolute Gasteiger partial charge is 0.497 e. The van der Waals surface area contributed by atoms with Gasteiger partial charge in [-0.3, -0.25) is 0 Å². The molecule has 92 valence electrons. The van der Waals surface area contributed by atoms with Crippen LogP contribution in [-0.4, -0.2) is 32.0 Å². The number of rotatable bonds is 3. The molecular formula is C14H18O3. The molecule has 0 amide bonds. The Kier molecular flexibility index (Phi) is 2.42. The molecule has 3 nitrogen and oxygen atoms in total. The van der Waals surface area contributed by atoms with Gasteiger partial charge >= 0.3 is 0 Å². The summed E-state index contributed by atoms with van der Waals surface area (Å²) < 4.78 is 10.8. The van der Waals surface area contributed by atoms with Crippen molar-refractivity contribution in [2.45, 2.75) is 18.3 Å². The highest BCUT2D eigenvalue weighted by Crippen LogP contribution is 2.58. The highest BCUT2D eigenvalue weighted by atomic mass is 16.5. The summed E-state index contributed by atoms with van der Waals surface area (Å²) >= 11 is 0. The van der Waals surface area contributed by atoms with Crippen molar-refractivity contribution in [3.63, 3.8) is 0 Å². The van der Waals surface area contributed by atoms with Crippen LogP contribution in [0.2, 0.25) is 0 Å². The maximum Gasteiger partial charge on any atom is 0.118 e. The van der Waals surface area contributed by atoms with Crippen LogP contribution in [0.3, 0.4) is 0 Å². The minimum Gasteiger partial charge on any atom is -0.497 e. The topological polar surface area (TPSA) is 38.7 Å². The summed E-state index contributed by atoms with van der Waals surface area (Å²) in [5, 5.41) is 9.43. The number of hydrogen-bond donors (Lipinski definition) is 1. The lowest BCUT2D eigenvalue weighted by Gasteiger charge is -2.59. The molecule has 2 saturated heterocycles. The number of aliphatic hydroxyl groups is 1. The number of methoxy groups -OCH3 is 1. The first-order valence-corrected chi connectivity index (χ1v) is 6.05. The van der Waals surface area contributed by atoms with Gasteiger partial charge in [-0.1, -0.05) is 12.1 Å². The molecular weight excluding hydrogens is 216 g/mol. The Hall–Kier alpha value is -1.06. The van der Waals surface area contributed by atoms with Crippen LogP contribution in [-0.2, 0) is 10.2 Å². The molecule has 0 radical (unpaired) electrons. The molecule has 2 bridgehead atoms. The van der Waals surface area contributed by atoms with E-state index in [4.69, 9.17) is 9.47 Å². The second-order valence-corrected chi connectivity index (χ2v) is 5.51. The Morgan fingerprint density at radius 3 is 2.53 bits per heavy atom. The van der Waals surface area contributed by atoms with Gasteiger partial charge in [0.25, 0.3) is 0 Å². The summed E-state index contributed by atoms with van der Waals surface area (Å²) in [7, 11) is 1.68. The third-order valence-corrected chi connectivity index (χ3v) is 4.25. The predicted octanol–water partition coefficient (Wildman–Crippen LogP) is 1.74. The van der Waals surface area contributed by atoms with E-state index in [0.717, 1.165) is 25.2 Å². The summed E-state index contributed by atoms with van der Waals surface area (Å²) in [5.74, 6) is 0.884. The van der Waals surface area contributed by atoms with Crippen molar-refractivity contribution in [2.75, 3.05) is 26.9 Å². The van der Waals surface area contributed by atoms with Crippen LogP contribution < -0.4 is 4.74 Å². The monoisotopic (exact) mass is 234 g/mol. The smallest absolute Gasteiger partial charge is 0.118 e. The van der Waals surface area contributed by atoms with Crippen LogP contribution in [0.4, 0.5) is 0 Å². The average Bonchev–Trinajstić information content (AvgIpc) is 2.38. The van der Waals surface area contributed by atoms with Crippen molar-refractivity contribution in [1.82, 2.24) is 0 Å². The standard InChI is InChI=1S/C14H18O3/c1-16-12-4-2-11(3-5-12)14-6-13(7-14,8-15)9-17-10-14/h2-5,15H,6-10H2,1H3. The van der Waals surface area contributed by atoms with E-state index in [1.165, 1.54) is 5.56 Å². The molecule has 1 aromatic rings. The molecule has 3 aliphatic rings. The molecule has 0 atom stereocenters. The molecule has 0 unspecified atom stereocenters. The number of ether oxygens (including phenoxy) is 2. The lowest BCUT2D eigenvalue weighted by Crippen LogP contribution is -2.60. The number of fused-ring (bicyclic) bond motifs is 2. The molecule has 1 N–H and O–H groups in total. The van der Waals surface area contributed by atoms with Crippen molar-refractivity contribution in [3.8, 4) is 5.75 Å². The van der Waals surface area contributed by atoms with Crippen LogP contribution in [0.15, 0.2) is 24.3 Å². The highest BCUT2D eigenvalue weighted by molar-refractivity contribution is 5.36. The Bertz CT molecular complexity index is 404. The van der Waals surface area contributed by atoms with Gasteiger partial charge in [-0.25, -0.2) is 0 Å². The number of benzene rings is 1. The van der Waals surface area contributed by atoms with Crippen LogP contribution in [0.25, 0.3) is 0 Å². The molecule has 17 heavy (non-hydrogen) atoms. The zero-order valence-electron chi connectivity index (χ0n) is 10.1. The van der Waals surface area contributed by atoms with Crippen molar-refractivity contribution >= 4 is 0 Å². The van der Waals surface area contributed by atoms with Gasteiger partial charge in [0.1, 0.15) is 5.75 Å². The molecule has 3 heteroatoms. The summed E-state index contributed by atoms with van der Waals surface area (Å²) in [4.78, 5) is 0. The lowest BCUT2D eigenvalue weighted by atomic mass is 9.50. The minimum absolute atomic E-state index is 0.0260. The van der Waals surface area contributed by atoms with Gasteiger partial charge < -0.3 is 14.6 Å². The van der Waals surface area contributed by atoms with Crippen molar-refractivity contribution < 1.29 is 14.6 Å². The van der Waals surface area contributed by atoms with E-state index in [9.17, 15) is 5.11 Å². The Labute approximate surface area is 101 Å². The van der Waals surface area contributed by atoms with Crippen molar-refractivity contribution in [2.24, 2.45) is 5.41 Å². The molecule has 1 aromatic carbocycles. The van der Waals surface area contributed by atoms with Gasteiger partial charge in [0.15, 0.2) is 0 Å². The van der Waals surface area contributed by atoms with Crippen LogP contribution in [0.1, 0.15) is 18.4 Å². The zero-order chi connectivity index (χ0) is 11.9. The lowest BCUT2D eigenvalue weighted by molar-refractivity contribution is -0.170. The Morgan fingerprint density at radius 1 is 1.24 bits per heavy atom. The molecule has 2 aliphatic heterocycles. The van der Waals surface area contributed by atoms with E-state index < -0.39 is 0 Å². The fourth-order valence-corrected chi connectivity index (χ4v) is 3.44. The minimum atomic E-state index is 0.0260. The molecule has 0 spiro atoms. The maximum atomic E-state index is 9.43. The van der Waals surface area contributed by atoms with Crippen LogP contribution in [0, 0.1) is 5.41 Å². The normalized spacial score (nSPS) is 35.2. The fourth-order valence-electron chi connectivity index (χ4n) is 3.44. The predicted molar refractivity (Wildman–Crippen MR) is 64.2 cm³/mol. The quantitative estimate of drug-likeness (QED) is 0.865. The number of aliphatic hydroxyl groups excluding tert-OH is 1. The van der Waals surface area contributed by atoms with Crippen molar-refractivity contribution in [1.29, 1.82) is 0 Å². The fraction of sp³-hybridized carbons (Fsp3) is 0.571. The molecule has 4 rings (SSSR count).